The Hall–Kier alpha value is -1.79. The molecule has 2 heterocycles. The molecule has 2 fully saturated rings. The fourth-order valence-electron chi connectivity index (χ4n) is 2.98. The molecule has 0 aromatic heterocycles. The summed E-state index contributed by atoms with van der Waals surface area (Å²) in [6.07, 6.45) is 2.00. The average molecular weight is 328 g/mol. The third-order valence-corrected chi connectivity index (χ3v) is 4.82. The van der Waals surface area contributed by atoms with Crippen LogP contribution in [0.15, 0.2) is 36.6 Å². The topological polar surface area (TPSA) is 50.8 Å². The van der Waals surface area contributed by atoms with Crippen molar-refractivity contribution in [2.75, 3.05) is 20.1 Å². The van der Waals surface area contributed by atoms with Gasteiger partial charge in [-0.2, -0.15) is 0 Å². The molecule has 0 aliphatic carbocycles. The molecule has 1 amide bonds. The monoisotopic (exact) mass is 328 g/mol. The first-order chi connectivity index (χ1) is 11.3. The molecule has 3 rings (SSSR count). The molecule has 2 saturated heterocycles. The predicted molar refractivity (Wildman–Crippen MR) is 95.2 cm³/mol. The van der Waals surface area contributed by atoms with Gasteiger partial charge in [0.25, 0.3) is 5.91 Å². The SMILES string of the molecule is C=C1OB(c2ccc(C(=O)NC3CCN(C)CC3)cc2)OC1(C)C. The van der Waals surface area contributed by atoms with Crippen LogP contribution in [-0.2, 0) is 9.31 Å². The number of carbonyl (C=O) groups excluding carboxylic acids is 1. The van der Waals surface area contributed by atoms with Gasteiger partial charge in [-0.3, -0.25) is 4.79 Å². The van der Waals surface area contributed by atoms with Crippen molar-refractivity contribution in [3.63, 3.8) is 0 Å². The highest BCUT2D eigenvalue weighted by Crippen LogP contribution is 2.29. The third kappa shape index (κ3) is 3.65. The highest BCUT2D eigenvalue weighted by molar-refractivity contribution is 6.62. The Morgan fingerprint density at radius 2 is 1.92 bits per heavy atom. The summed E-state index contributed by atoms with van der Waals surface area (Å²) in [7, 11) is 1.65. The summed E-state index contributed by atoms with van der Waals surface area (Å²) in [5.74, 6) is 0.602. The second kappa shape index (κ2) is 6.61. The Kier molecular flexibility index (Phi) is 4.70. The molecule has 0 radical (unpaired) electrons. The maximum atomic E-state index is 12.4. The van der Waals surface area contributed by atoms with Crippen molar-refractivity contribution in [2.45, 2.75) is 38.3 Å². The molecule has 0 spiro atoms. The molecule has 2 aliphatic heterocycles. The minimum atomic E-state index is -0.491. The highest BCUT2D eigenvalue weighted by atomic mass is 16.7. The minimum Gasteiger partial charge on any atom is -0.534 e. The van der Waals surface area contributed by atoms with Crippen LogP contribution in [0.2, 0.25) is 0 Å². The van der Waals surface area contributed by atoms with Crippen molar-refractivity contribution in [1.29, 1.82) is 0 Å². The van der Waals surface area contributed by atoms with Crippen LogP contribution in [0.3, 0.4) is 0 Å². The maximum Gasteiger partial charge on any atom is 0.563 e. The van der Waals surface area contributed by atoms with Crippen LogP contribution in [0.4, 0.5) is 0 Å². The van der Waals surface area contributed by atoms with Crippen molar-refractivity contribution >= 4 is 18.5 Å². The molecule has 1 aromatic carbocycles. The fraction of sp³-hybridized carbons (Fsp3) is 0.500. The molecule has 0 atom stereocenters. The van der Waals surface area contributed by atoms with E-state index in [4.69, 9.17) is 9.31 Å². The van der Waals surface area contributed by atoms with Crippen molar-refractivity contribution < 1.29 is 14.1 Å². The van der Waals surface area contributed by atoms with Crippen LogP contribution in [0.25, 0.3) is 0 Å². The van der Waals surface area contributed by atoms with Gasteiger partial charge in [0, 0.05) is 11.6 Å². The summed E-state index contributed by atoms with van der Waals surface area (Å²) < 4.78 is 11.5. The lowest BCUT2D eigenvalue weighted by Crippen LogP contribution is -2.43. The molecule has 0 bridgehead atoms. The number of likely N-dealkylation sites (tertiary alicyclic amines) is 1. The minimum absolute atomic E-state index is 0.0194. The molecule has 128 valence electrons. The van der Waals surface area contributed by atoms with E-state index in [0.717, 1.165) is 31.4 Å². The Morgan fingerprint density at radius 3 is 2.46 bits per heavy atom. The Labute approximate surface area is 144 Å². The quantitative estimate of drug-likeness (QED) is 0.856. The number of nitrogens with one attached hydrogen (secondary N) is 1. The molecule has 24 heavy (non-hydrogen) atoms. The molecule has 0 unspecified atom stereocenters. The van der Waals surface area contributed by atoms with Crippen LogP contribution in [0.1, 0.15) is 37.0 Å². The van der Waals surface area contributed by atoms with E-state index in [2.05, 4.69) is 23.8 Å². The van der Waals surface area contributed by atoms with E-state index in [-0.39, 0.29) is 11.9 Å². The average Bonchev–Trinajstić information content (AvgIpc) is 2.83. The van der Waals surface area contributed by atoms with E-state index < -0.39 is 12.7 Å². The Balaban J connectivity index is 1.60. The first-order valence-electron chi connectivity index (χ1n) is 8.48. The van der Waals surface area contributed by atoms with E-state index in [0.29, 0.717) is 11.3 Å². The van der Waals surface area contributed by atoms with Crippen molar-refractivity contribution in [3.05, 3.63) is 42.2 Å². The van der Waals surface area contributed by atoms with Crippen LogP contribution >= 0.6 is 0 Å². The molecule has 6 heteroatoms. The number of piperidine rings is 1. The largest absolute Gasteiger partial charge is 0.563 e. The van der Waals surface area contributed by atoms with E-state index in [9.17, 15) is 4.79 Å². The summed E-state index contributed by atoms with van der Waals surface area (Å²) in [6.45, 7) is 9.80. The van der Waals surface area contributed by atoms with Gasteiger partial charge in [0.2, 0.25) is 0 Å². The Morgan fingerprint density at radius 1 is 1.29 bits per heavy atom. The zero-order valence-electron chi connectivity index (χ0n) is 14.7. The molecule has 5 nitrogen and oxygen atoms in total. The lowest BCUT2D eigenvalue weighted by atomic mass is 9.79. The lowest BCUT2D eigenvalue weighted by molar-refractivity contribution is 0.0917. The Bertz CT molecular complexity index is 622. The first kappa shape index (κ1) is 17.1. The van der Waals surface area contributed by atoms with E-state index in [1.165, 1.54) is 0 Å². The number of hydrogen-bond donors (Lipinski definition) is 1. The van der Waals surface area contributed by atoms with Gasteiger partial charge in [0.15, 0.2) is 0 Å². The summed E-state index contributed by atoms with van der Waals surface area (Å²) in [5.41, 5.74) is 1.06. The van der Waals surface area contributed by atoms with Crippen molar-refractivity contribution in [2.24, 2.45) is 0 Å². The lowest BCUT2D eigenvalue weighted by Gasteiger charge is -2.29. The van der Waals surface area contributed by atoms with Crippen LogP contribution in [-0.4, -0.2) is 49.7 Å². The molecule has 2 aliphatic rings. The number of benzene rings is 1. The summed E-state index contributed by atoms with van der Waals surface area (Å²) >= 11 is 0. The number of hydrogen-bond acceptors (Lipinski definition) is 4. The molecule has 1 N–H and O–H groups in total. The van der Waals surface area contributed by atoms with E-state index in [1.54, 1.807) is 0 Å². The van der Waals surface area contributed by atoms with Gasteiger partial charge in [-0.05, 0) is 64.4 Å². The van der Waals surface area contributed by atoms with Gasteiger partial charge >= 0.3 is 7.12 Å². The summed E-state index contributed by atoms with van der Waals surface area (Å²) in [4.78, 5) is 14.7. The van der Waals surface area contributed by atoms with Gasteiger partial charge in [-0.25, -0.2) is 0 Å². The smallest absolute Gasteiger partial charge is 0.534 e. The molecular weight excluding hydrogens is 303 g/mol. The number of carbonyl (C=O) groups is 1. The van der Waals surface area contributed by atoms with Gasteiger partial charge in [-0.15, -0.1) is 0 Å². The maximum absolute atomic E-state index is 12.4. The standard InChI is InChI=1S/C18H25BN2O3/c1-13-18(2,3)24-19(23-13)15-7-5-14(6-8-15)17(22)20-16-9-11-21(4)12-10-16/h5-8,16H,1,9-12H2,2-4H3,(H,20,22). The van der Waals surface area contributed by atoms with E-state index >= 15 is 0 Å². The normalized spacial score (nSPS) is 21.6. The molecule has 1 aromatic rings. The highest BCUT2D eigenvalue weighted by Gasteiger charge is 2.42. The fourth-order valence-corrected chi connectivity index (χ4v) is 2.98. The second-order valence-electron chi connectivity index (χ2n) is 7.17. The number of rotatable bonds is 3. The van der Waals surface area contributed by atoms with Crippen molar-refractivity contribution in [1.82, 2.24) is 10.2 Å². The summed E-state index contributed by atoms with van der Waals surface area (Å²) in [6, 6.07) is 7.66. The van der Waals surface area contributed by atoms with Crippen LogP contribution < -0.4 is 10.8 Å². The second-order valence-corrected chi connectivity index (χ2v) is 7.17. The summed E-state index contributed by atoms with van der Waals surface area (Å²) in [5, 5.41) is 3.12. The van der Waals surface area contributed by atoms with Gasteiger partial charge in [-0.1, -0.05) is 18.7 Å². The predicted octanol–water partition coefficient (Wildman–Crippen LogP) is 1.54. The molecule has 0 saturated carbocycles. The zero-order valence-corrected chi connectivity index (χ0v) is 14.7. The zero-order chi connectivity index (χ0) is 17.3. The van der Waals surface area contributed by atoms with Crippen LogP contribution in [0.5, 0.6) is 0 Å². The van der Waals surface area contributed by atoms with Crippen molar-refractivity contribution in [3.8, 4) is 0 Å². The third-order valence-electron chi connectivity index (χ3n) is 4.82. The molecular formula is C18H25BN2O3. The van der Waals surface area contributed by atoms with Gasteiger partial charge < -0.3 is 19.5 Å². The van der Waals surface area contributed by atoms with Gasteiger partial charge in [0.05, 0.1) is 5.76 Å². The first-order valence-corrected chi connectivity index (χ1v) is 8.48. The van der Waals surface area contributed by atoms with E-state index in [1.807, 2.05) is 38.1 Å². The number of nitrogens with zero attached hydrogens (tertiary/aromatic N) is 1. The van der Waals surface area contributed by atoms with Crippen LogP contribution in [0, 0.1) is 0 Å². The van der Waals surface area contributed by atoms with Gasteiger partial charge in [0.1, 0.15) is 5.60 Å². The number of amides is 1.